The quantitative estimate of drug-likeness (QED) is 0.689. The monoisotopic (exact) mass is 303 g/mol. The van der Waals surface area contributed by atoms with Crippen molar-refractivity contribution in [3.05, 3.63) is 29.8 Å². The van der Waals surface area contributed by atoms with Crippen LogP contribution < -0.4 is 16.0 Å². The highest BCUT2D eigenvalue weighted by atomic mass is 16.1. The van der Waals surface area contributed by atoms with E-state index in [-0.39, 0.29) is 5.91 Å². The smallest absolute Gasteiger partial charge is 0.220 e. The summed E-state index contributed by atoms with van der Waals surface area (Å²) in [7, 11) is 0. The van der Waals surface area contributed by atoms with E-state index >= 15 is 0 Å². The molecule has 0 fully saturated rings. The number of benzene rings is 1. The lowest BCUT2D eigenvalue weighted by molar-refractivity contribution is -0.121. The molecule has 1 atom stereocenters. The molecular weight excluding hydrogens is 274 g/mol. The van der Waals surface area contributed by atoms with Gasteiger partial charge in [-0.1, -0.05) is 31.0 Å². The molecule has 0 bridgehead atoms. The Morgan fingerprint density at radius 2 is 2.05 bits per heavy atom. The number of para-hydroxylation sites is 1. The van der Waals surface area contributed by atoms with E-state index in [0.29, 0.717) is 12.5 Å². The van der Waals surface area contributed by atoms with Crippen molar-refractivity contribution in [1.29, 1.82) is 0 Å². The zero-order valence-corrected chi connectivity index (χ0v) is 13.7. The Labute approximate surface area is 134 Å². The predicted octanol–water partition coefficient (Wildman–Crippen LogP) is 2.46. The fourth-order valence-corrected chi connectivity index (χ4v) is 3.07. The predicted molar refractivity (Wildman–Crippen MR) is 92.1 cm³/mol. The average molecular weight is 303 g/mol. The molecule has 0 saturated heterocycles. The number of nitrogens with zero attached hydrogens (tertiary/aromatic N) is 1. The van der Waals surface area contributed by atoms with E-state index in [1.54, 1.807) is 0 Å². The molecule has 0 radical (unpaired) electrons. The summed E-state index contributed by atoms with van der Waals surface area (Å²) in [5.41, 5.74) is 8.20. The van der Waals surface area contributed by atoms with Crippen LogP contribution in [-0.4, -0.2) is 31.6 Å². The summed E-state index contributed by atoms with van der Waals surface area (Å²) in [6.07, 6.45) is 5.99. The zero-order chi connectivity index (χ0) is 15.8. The molecule has 3 N–H and O–H groups in total. The molecule has 4 heteroatoms. The first-order chi connectivity index (χ1) is 10.7. The number of amides is 1. The van der Waals surface area contributed by atoms with Crippen LogP contribution >= 0.6 is 0 Å². The van der Waals surface area contributed by atoms with Gasteiger partial charge in [-0.05, 0) is 44.4 Å². The Kier molecular flexibility index (Phi) is 6.72. The molecule has 0 aliphatic carbocycles. The Hall–Kier alpha value is -1.55. The molecule has 1 heterocycles. The number of hydrogen-bond acceptors (Lipinski definition) is 3. The summed E-state index contributed by atoms with van der Waals surface area (Å²) in [6, 6.07) is 8.90. The molecule has 1 aliphatic rings. The van der Waals surface area contributed by atoms with Gasteiger partial charge in [0.25, 0.3) is 0 Å². The third kappa shape index (κ3) is 4.73. The average Bonchev–Trinajstić information content (AvgIpc) is 2.96. The van der Waals surface area contributed by atoms with E-state index in [0.717, 1.165) is 51.7 Å². The van der Waals surface area contributed by atoms with Gasteiger partial charge in [0.15, 0.2) is 0 Å². The summed E-state index contributed by atoms with van der Waals surface area (Å²) in [4.78, 5) is 14.3. The van der Waals surface area contributed by atoms with Crippen LogP contribution in [0.2, 0.25) is 0 Å². The second-order valence-electron chi connectivity index (χ2n) is 6.18. The third-order valence-corrected chi connectivity index (χ3v) is 4.41. The Balaban J connectivity index is 1.68. The van der Waals surface area contributed by atoms with Crippen molar-refractivity contribution >= 4 is 11.6 Å². The summed E-state index contributed by atoms with van der Waals surface area (Å²) < 4.78 is 0. The van der Waals surface area contributed by atoms with Crippen LogP contribution in [0.3, 0.4) is 0 Å². The fraction of sp³-hybridized carbons (Fsp3) is 0.611. The van der Waals surface area contributed by atoms with Crippen LogP contribution in [0.15, 0.2) is 24.3 Å². The number of hydrogen-bond donors (Lipinski definition) is 2. The Bertz CT molecular complexity index is 475. The minimum Gasteiger partial charge on any atom is -0.366 e. The third-order valence-electron chi connectivity index (χ3n) is 4.41. The maximum Gasteiger partial charge on any atom is 0.220 e. The number of fused-ring (bicyclic) bond motifs is 1. The first-order valence-electron chi connectivity index (χ1n) is 8.53. The van der Waals surface area contributed by atoms with Gasteiger partial charge in [0.1, 0.15) is 0 Å². The van der Waals surface area contributed by atoms with Gasteiger partial charge in [-0.15, -0.1) is 0 Å². The van der Waals surface area contributed by atoms with Gasteiger partial charge in [-0.25, -0.2) is 0 Å². The number of unbranched alkanes of at least 4 members (excludes halogenated alkanes) is 3. The van der Waals surface area contributed by atoms with E-state index in [2.05, 4.69) is 41.4 Å². The first-order valence-corrected chi connectivity index (χ1v) is 8.53. The van der Waals surface area contributed by atoms with Crippen LogP contribution in [-0.2, 0) is 11.2 Å². The maximum absolute atomic E-state index is 11.9. The second kappa shape index (κ2) is 8.79. The molecule has 1 aromatic carbocycles. The van der Waals surface area contributed by atoms with Crippen molar-refractivity contribution in [1.82, 2.24) is 5.32 Å². The number of carbonyl (C=O) groups is 1. The summed E-state index contributed by atoms with van der Waals surface area (Å²) in [5.74, 6) is 0.173. The van der Waals surface area contributed by atoms with E-state index in [1.165, 1.54) is 11.3 Å². The summed E-state index contributed by atoms with van der Waals surface area (Å²) in [6.45, 7) is 4.70. The molecule has 0 aromatic heterocycles. The molecule has 0 spiro atoms. The van der Waals surface area contributed by atoms with Crippen LogP contribution in [0.25, 0.3) is 0 Å². The maximum atomic E-state index is 11.9. The lowest BCUT2D eigenvalue weighted by Crippen LogP contribution is -2.41. The van der Waals surface area contributed by atoms with Crippen LogP contribution in [0, 0.1) is 0 Å². The minimum atomic E-state index is 0.173. The van der Waals surface area contributed by atoms with Crippen LogP contribution in [0.1, 0.15) is 44.6 Å². The van der Waals surface area contributed by atoms with Crippen molar-refractivity contribution in [3.8, 4) is 0 Å². The van der Waals surface area contributed by atoms with Crippen LogP contribution in [0.5, 0.6) is 0 Å². The molecule has 22 heavy (non-hydrogen) atoms. The molecule has 0 saturated carbocycles. The zero-order valence-electron chi connectivity index (χ0n) is 13.7. The molecule has 1 amide bonds. The van der Waals surface area contributed by atoms with E-state index < -0.39 is 0 Å². The highest BCUT2D eigenvalue weighted by Crippen LogP contribution is 2.28. The van der Waals surface area contributed by atoms with Gasteiger partial charge in [0.2, 0.25) is 5.91 Å². The van der Waals surface area contributed by atoms with Crippen molar-refractivity contribution < 1.29 is 4.79 Å². The molecule has 122 valence electrons. The molecule has 4 nitrogen and oxygen atoms in total. The SMILES string of the molecule is CC(CNC(=O)CCCCCCN)N1CCc2ccccc21. The number of rotatable bonds is 9. The normalized spacial score (nSPS) is 14.7. The van der Waals surface area contributed by atoms with Crippen LogP contribution in [0.4, 0.5) is 5.69 Å². The van der Waals surface area contributed by atoms with Gasteiger partial charge < -0.3 is 16.0 Å². The topological polar surface area (TPSA) is 58.4 Å². The highest BCUT2D eigenvalue weighted by Gasteiger charge is 2.22. The number of carbonyl (C=O) groups excluding carboxylic acids is 1. The van der Waals surface area contributed by atoms with Crippen molar-refractivity contribution in [3.63, 3.8) is 0 Å². The van der Waals surface area contributed by atoms with Gasteiger partial charge in [0.05, 0.1) is 0 Å². The summed E-state index contributed by atoms with van der Waals surface area (Å²) >= 11 is 0. The van der Waals surface area contributed by atoms with Gasteiger partial charge in [-0.2, -0.15) is 0 Å². The van der Waals surface area contributed by atoms with E-state index in [1.807, 2.05) is 0 Å². The standard InChI is InChI=1S/C18H29N3O/c1-15(14-20-18(22)10-4-2-3-7-12-19)21-13-11-16-8-5-6-9-17(16)21/h5-6,8-9,15H,2-4,7,10-14,19H2,1H3,(H,20,22). The Morgan fingerprint density at radius 3 is 2.86 bits per heavy atom. The molecular formula is C18H29N3O. The number of nitrogens with one attached hydrogen (secondary N) is 1. The van der Waals surface area contributed by atoms with Gasteiger partial charge >= 0.3 is 0 Å². The molecule has 2 rings (SSSR count). The van der Waals surface area contributed by atoms with Gasteiger partial charge in [-0.3, -0.25) is 4.79 Å². The minimum absolute atomic E-state index is 0.173. The number of anilines is 1. The molecule has 1 unspecified atom stereocenters. The molecule has 1 aliphatic heterocycles. The number of nitrogens with two attached hydrogens (primary N) is 1. The lowest BCUT2D eigenvalue weighted by atomic mass is 10.1. The van der Waals surface area contributed by atoms with Crippen molar-refractivity contribution in [2.24, 2.45) is 5.73 Å². The molecule has 1 aromatic rings. The van der Waals surface area contributed by atoms with Crippen molar-refractivity contribution in [2.45, 2.75) is 51.5 Å². The van der Waals surface area contributed by atoms with E-state index in [9.17, 15) is 4.79 Å². The Morgan fingerprint density at radius 1 is 1.27 bits per heavy atom. The largest absolute Gasteiger partial charge is 0.366 e. The lowest BCUT2D eigenvalue weighted by Gasteiger charge is -2.27. The fourth-order valence-electron chi connectivity index (χ4n) is 3.07. The summed E-state index contributed by atoms with van der Waals surface area (Å²) in [5, 5.41) is 3.08. The highest BCUT2D eigenvalue weighted by molar-refractivity contribution is 5.76. The van der Waals surface area contributed by atoms with Gasteiger partial charge in [0, 0.05) is 31.2 Å². The van der Waals surface area contributed by atoms with E-state index in [4.69, 9.17) is 5.73 Å². The van der Waals surface area contributed by atoms with Crippen molar-refractivity contribution in [2.75, 3.05) is 24.5 Å². The first kappa shape index (κ1) is 16.8. The second-order valence-corrected chi connectivity index (χ2v) is 6.18.